The molecule has 2 nitrogen and oxygen atoms in total. The summed E-state index contributed by atoms with van der Waals surface area (Å²) in [6.45, 7) is 1.71. The van der Waals surface area contributed by atoms with Gasteiger partial charge in [0.05, 0.1) is 5.54 Å². The molecule has 0 aromatic heterocycles. The van der Waals surface area contributed by atoms with Gasteiger partial charge >= 0.3 is 0 Å². The number of hydrogen-bond acceptors (Lipinski definition) is 2. The molecular formula is C13H14BrClN2. The fourth-order valence-electron chi connectivity index (χ4n) is 2.29. The molecule has 3 rings (SSSR count). The van der Waals surface area contributed by atoms with Crippen LogP contribution in [0.25, 0.3) is 10.8 Å². The van der Waals surface area contributed by atoms with Crippen LogP contribution in [0.5, 0.6) is 0 Å². The van der Waals surface area contributed by atoms with Gasteiger partial charge in [-0.1, -0.05) is 46.3 Å². The smallest absolute Gasteiger partial charge is 0.0668 e. The number of nitrogens with one attached hydrogen (secondary N) is 1. The van der Waals surface area contributed by atoms with E-state index in [9.17, 15) is 0 Å². The van der Waals surface area contributed by atoms with Gasteiger partial charge in [0.2, 0.25) is 0 Å². The van der Waals surface area contributed by atoms with E-state index in [1.165, 1.54) is 16.3 Å². The van der Waals surface area contributed by atoms with E-state index in [4.69, 9.17) is 5.73 Å². The van der Waals surface area contributed by atoms with E-state index < -0.39 is 0 Å². The summed E-state index contributed by atoms with van der Waals surface area (Å²) in [6, 6.07) is 12.6. The Morgan fingerprint density at radius 3 is 2.35 bits per heavy atom. The second-order valence-electron chi connectivity index (χ2n) is 4.40. The van der Waals surface area contributed by atoms with Gasteiger partial charge < -0.3 is 11.1 Å². The molecule has 90 valence electrons. The number of nitrogens with two attached hydrogens (primary N) is 1. The molecule has 1 fully saturated rings. The van der Waals surface area contributed by atoms with Crippen LogP contribution < -0.4 is 11.1 Å². The molecule has 0 radical (unpaired) electrons. The van der Waals surface area contributed by atoms with Gasteiger partial charge in [0, 0.05) is 22.9 Å². The molecule has 0 atom stereocenters. The van der Waals surface area contributed by atoms with E-state index in [1.807, 2.05) is 0 Å². The summed E-state index contributed by atoms with van der Waals surface area (Å²) in [7, 11) is 0. The maximum Gasteiger partial charge on any atom is 0.0668 e. The first-order valence-electron chi connectivity index (χ1n) is 5.38. The SMILES string of the molecule is Cl.NC1(c2cccc3cccc(Br)c23)CNC1. The van der Waals surface area contributed by atoms with Gasteiger partial charge in [-0.3, -0.25) is 0 Å². The third-order valence-electron chi connectivity index (χ3n) is 3.27. The molecule has 0 spiro atoms. The molecule has 1 saturated heterocycles. The fraction of sp³-hybridized carbons (Fsp3) is 0.231. The van der Waals surface area contributed by atoms with Gasteiger partial charge in [-0.15, -0.1) is 12.4 Å². The van der Waals surface area contributed by atoms with Crippen LogP contribution in [0.1, 0.15) is 5.56 Å². The second kappa shape index (κ2) is 4.58. The standard InChI is InChI=1S/C13H13BrN2.ClH/c14-11-6-2-4-9-3-1-5-10(12(9)11)13(15)7-16-8-13;/h1-6,16H,7-8,15H2;1H. The topological polar surface area (TPSA) is 38.0 Å². The molecule has 0 saturated carbocycles. The van der Waals surface area contributed by atoms with E-state index in [-0.39, 0.29) is 17.9 Å². The average molecular weight is 314 g/mol. The Hall–Kier alpha value is -0.610. The molecule has 1 aliphatic rings. The summed E-state index contributed by atoms with van der Waals surface area (Å²) in [5.41, 5.74) is 7.40. The van der Waals surface area contributed by atoms with Gasteiger partial charge in [0.25, 0.3) is 0 Å². The maximum absolute atomic E-state index is 6.38. The zero-order chi connectivity index (χ0) is 11.2. The molecule has 4 heteroatoms. The first-order valence-corrected chi connectivity index (χ1v) is 6.17. The minimum Gasteiger partial charge on any atom is -0.319 e. The van der Waals surface area contributed by atoms with Gasteiger partial charge in [-0.25, -0.2) is 0 Å². The highest BCUT2D eigenvalue weighted by molar-refractivity contribution is 9.10. The molecule has 0 aliphatic carbocycles. The summed E-state index contributed by atoms with van der Waals surface area (Å²) in [5.74, 6) is 0. The van der Waals surface area contributed by atoms with Crippen molar-refractivity contribution in [3.8, 4) is 0 Å². The van der Waals surface area contributed by atoms with Crippen molar-refractivity contribution in [2.75, 3.05) is 13.1 Å². The molecule has 1 heterocycles. The average Bonchev–Trinajstić information content (AvgIpc) is 2.26. The van der Waals surface area contributed by atoms with Crippen LogP contribution in [0.3, 0.4) is 0 Å². The van der Waals surface area contributed by atoms with Crippen molar-refractivity contribution in [1.82, 2.24) is 5.32 Å². The molecule has 0 amide bonds. The predicted octanol–water partition coefficient (Wildman–Crippen LogP) is 2.78. The van der Waals surface area contributed by atoms with Gasteiger partial charge in [0.15, 0.2) is 0 Å². The normalized spacial score (nSPS) is 17.3. The largest absolute Gasteiger partial charge is 0.319 e. The first kappa shape index (κ1) is 12.8. The molecule has 17 heavy (non-hydrogen) atoms. The van der Waals surface area contributed by atoms with Crippen molar-refractivity contribution < 1.29 is 0 Å². The summed E-state index contributed by atoms with van der Waals surface area (Å²) in [6.07, 6.45) is 0. The highest BCUT2D eigenvalue weighted by Crippen LogP contribution is 2.34. The van der Waals surface area contributed by atoms with Crippen LogP contribution in [-0.4, -0.2) is 13.1 Å². The lowest BCUT2D eigenvalue weighted by atomic mass is 9.82. The maximum atomic E-state index is 6.38. The Kier molecular flexibility index (Phi) is 3.46. The van der Waals surface area contributed by atoms with Crippen molar-refractivity contribution in [2.45, 2.75) is 5.54 Å². The minimum absolute atomic E-state index is 0. The predicted molar refractivity (Wildman–Crippen MR) is 77.6 cm³/mol. The fourth-order valence-corrected chi connectivity index (χ4v) is 2.89. The molecule has 3 N–H and O–H groups in total. The number of fused-ring (bicyclic) bond motifs is 1. The van der Waals surface area contributed by atoms with E-state index in [0.717, 1.165) is 17.6 Å². The third kappa shape index (κ3) is 1.97. The summed E-state index contributed by atoms with van der Waals surface area (Å²) in [4.78, 5) is 0. The molecule has 2 aromatic carbocycles. The van der Waals surface area contributed by atoms with Gasteiger partial charge in [0.1, 0.15) is 0 Å². The minimum atomic E-state index is -0.205. The van der Waals surface area contributed by atoms with Crippen LogP contribution in [0.15, 0.2) is 40.9 Å². The third-order valence-corrected chi connectivity index (χ3v) is 3.93. The molecular weight excluding hydrogens is 300 g/mol. The van der Waals surface area contributed by atoms with Crippen molar-refractivity contribution in [3.05, 3.63) is 46.4 Å². The Bertz CT molecular complexity index is 547. The lowest BCUT2D eigenvalue weighted by Gasteiger charge is -2.40. The Morgan fingerprint density at radius 1 is 1.12 bits per heavy atom. The summed E-state index contributed by atoms with van der Waals surface area (Å²) < 4.78 is 1.12. The summed E-state index contributed by atoms with van der Waals surface area (Å²) in [5, 5.41) is 5.73. The zero-order valence-electron chi connectivity index (χ0n) is 9.24. The number of halogens is 2. The van der Waals surface area contributed by atoms with E-state index in [2.05, 4.69) is 57.6 Å². The quantitative estimate of drug-likeness (QED) is 0.849. The van der Waals surface area contributed by atoms with Crippen LogP contribution >= 0.6 is 28.3 Å². The number of rotatable bonds is 1. The zero-order valence-corrected chi connectivity index (χ0v) is 11.6. The van der Waals surface area contributed by atoms with Crippen LogP contribution in [0.4, 0.5) is 0 Å². The van der Waals surface area contributed by atoms with Crippen LogP contribution in [-0.2, 0) is 5.54 Å². The van der Waals surface area contributed by atoms with Gasteiger partial charge in [-0.2, -0.15) is 0 Å². The van der Waals surface area contributed by atoms with E-state index in [1.54, 1.807) is 0 Å². The highest BCUT2D eigenvalue weighted by atomic mass is 79.9. The molecule has 2 aromatic rings. The van der Waals surface area contributed by atoms with Crippen molar-refractivity contribution in [2.24, 2.45) is 5.73 Å². The number of hydrogen-bond donors (Lipinski definition) is 2. The Labute approximate surface area is 115 Å². The van der Waals surface area contributed by atoms with Crippen molar-refractivity contribution >= 4 is 39.1 Å². The van der Waals surface area contributed by atoms with Gasteiger partial charge in [-0.05, 0) is 17.0 Å². The first-order chi connectivity index (χ1) is 7.71. The molecule has 0 unspecified atom stereocenters. The lowest BCUT2D eigenvalue weighted by molar-refractivity contribution is 0.289. The monoisotopic (exact) mass is 312 g/mol. The van der Waals surface area contributed by atoms with Crippen LogP contribution in [0, 0.1) is 0 Å². The van der Waals surface area contributed by atoms with Crippen molar-refractivity contribution in [3.63, 3.8) is 0 Å². The summed E-state index contributed by atoms with van der Waals surface area (Å²) >= 11 is 3.62. The highest BCUT2D eigenvalue weighted by Gasteiger charge is 2.35. The van der Waals surface area contributed by atoms with Crippen molar-refractivity contribution in [1.29, 1.82) is 0 Å². The van der Waals surface area contributed by atoms with Crippen LogP contribution in [0.2, 0.25) is 0 Å². The molecule has 1 aliphatic heterocycles. The lowest BCUT2D eigenvalue weighted by Crippen LogP contribution is -2.62. The Morgan fingerprint density at radius 2 is 1.76 bits per heavy atom. The molecule has 0 bridgehead atoms. The number of benzene rings is 2. The second-order valence-corrected chi connectivity index (χ2v) is 5.26. The van der Waals surface area contributed by atoms with E-state index >= 15 is 0 Å². The van der Waals surface area contributed by atoms with E-state index in [0.29, 0.717) is 0 Å². The Balaban J connectivity index is 0.00000108.